The molecule has 4 heteroatoms. The molecule has 0 bridgehead atoms. The van der Waals surface area contributed by atoms with Gasteiger partial charge < -0.3 is 4.74 Å². The summed E-state index contributed by atoms with van der Waals surface area (Å²) in [6, 6.07) is 15.5. The third-order valence-electron chi connectivity index (χ3n) is 4.86. The number of nitrogens with zero attached hydrogens (tertiary/aromatic N) is 1. The zero-order chi connectivity index (χ0) is 19.9. The molecule has 0 N–H and O–H groups in total. The van der Waals surface area contributed by atoms with Crippen LogP contribution >= 0.6 is 0 Å². The van der Waals surface area contributed by atoms with Gasteiger partial charge in [0.1, 0.15) is 5.60 Å². The lowest BCUT2D eigenvalue weighted by atomic mass is 9.86. The third kappa shape index (κ3) is 3.50. The molecule has 1 heterocycles. The highest BCUT2D eigenvalue weighted by molar-refractivity contribution is 6.13. The van der Waals surface area contributed by atoms with Crippen LogP contribution in [-0.2, 0) is 11.2 Å². The Morgan fingerprint density at radius 3 is 2.64 bits per heavy atom. The van der Waals surface area contributed by atoms with Gasteiger partial charge in [0.2, 0.25) is 0 Å². The zero-order valence-electron chi connectivity index (χ0n) is 16.4. The monoisotopic (exact) mass is 373 g/mol. The number of carbonyl (C=O) groups is 2. The van der Waals surface area contributed by atoms with Gasteiger partial charge in [-0.3, -0.25) is 9.36 Å². The molecule has 1 aliphatic carbocycles. The average Bonchev–Trinajstić information content (AvgIpc) is 3.06. The van der Waals surface area contributed by atoms with Gasteiger partial charge >= 0.3 is 6.09 Å². The Labute approximate surface area is 164 Å². The molecule has 3 aromatic rings. The van der Waals surface area contributed by atoms with Crippen molar-refractivity contribution in [3.8, 4) is 0 Å². The fraction of sp³-hybridized carbons (Fsp3) is 0.250. The van der Waals surface area contributed by atoms with Gasteiger partial charge in [-0.2, -0.15) is 0 Å². The van der Waals surface area contributed by atoms with Crippen LogP contribution in [0.5, 0.6) is 0 Å². The maximum atomic E-state index is 12.8. The van der Waals surface area contributed by atoms with Crippen molar-refractivity contribution < 1.29 is 14.3 Å². The summed E-state index contributed by atoms with van der Waals surface area (Å²) in [5, 5.41) is 0.934. The van der Waals surface area contributed by atoms with Gasteiger partial charge in [0, 0.05) is 22.7 Å². The van der Waals surface area contributed by atoms with E-state index in [2.05, 4.69) is 0 Å². The van der Waals surface area contributed by atoms with Gasteiger partial charge in [-0.15, -0.1) is 0 Å². The Balaban J connectivity index is 1.64. The van der Waals surface area contributed by atoms with E-state index in [0.717, 1.165) is 46.0 Å². The molecule has 0 radical (unpaired) electrons. The summed E-state index contributed by atoms with van der Waals surface area (Å²) in [5.41, 5.74) is 3.94. The van der Waals surface area contributed by atoms with Gasteiger partial charge in [-0.05, 0) is 69.0 Å². The number of rotatable bonds is 1. The van der Waals surface area contributed by atoms with E-state index in [-0.39, 0.29) is 5.78 Å². The normalized spacial score (nSPS) is 15.7. The summed E-state index contributed by atoms with van der Waals surface area (Å²) < 4.78 is 6.97. The highest BCUT2D eigenvalue weighted by atomic mass is 16.6. The lowest BCUT2D eigenvalue weighted by Gasteiger charge is -2.19. The molecule has 0 atom stereocenters. The fourth-order valence-corrected chi connectivity index (χ4v) is 3.58. The van der Waals surface area contributed by atoms with Crippen molar-refractivity contribution >= 4 is 28.9 Å². The first-order valence-electron chi connectivity index (χ1n) is 9.49. The first-order valence-corrected chi connectivity index (χ1v) is 9.49. The molecule has 0 amide bonds. The second-order valence-corrected chi connectivity index (χ2v) is 8.14. The van der Waals surface area contributed by atoms with Gasteiger partial charge in [0.25, 0.3) is 0 Å². The number of fused-ring (bicyclic) bond motifs is 2. The standard InChI is InChI=1S/C24H23NO3/c1-24(2,3)28-23(27)25-13-12-18-14-16(8-11-21(18)25)15-19-10-9-17-6-4-5-7-20(17)22(19)26/h4-8,11-15H,9-10H2,1-3H3/b19-15+. The first-order chi connectivity index (χ1) is 13.3. The summed E-state index contributed by atoms with van der Waals surface area (Å²) in [7, 11) is 0. The van der Waals surface area contributed by atoms with Crippen LogP contribution in [0.4, 0.5) is 4.79 Å². The van der Waals surface area contributed by atoms with Gasteiger partial charge in [-0.25, -0.2) is 4.79 Å². The Hall–Kier alpha value is -3.14. The van der Waals surface area contributed by atoms with Crippen LogP contribution in [0.2, 0.25) is 0 Å². The summed E-state index contributed by atoms with van der Waals surface area (Å²) in [6.07, 6.45) is 4.91. The predicted molar refractivity (Wildman–Crippen MR) is 111 cm³/mol. The van der Waals surface area contributed by atoms with Crippen LogP contribution in [0.25, 0.3) is 17.0 Å². The van der Waals surface area contributed by atoms with E-state index in [4.69, 9.17) is 4.74 Å². The minimum Gasteiger partial charge on any atom is -0.443 e. The number of ketones is 1. The average molecular weight is 373 g/mol. The van der Waals surface area contributed by atoms with Crippen LogP contribution in [0.15, 0.2) is 60.3 Å². The van der Waals surface area contributed by atoms with Gasteiger partial charge in [0.05, 0.1) is 5.52 Å². The Morgan fingerprint density at radius 2 is 1.86 bits per heavy atom. The first kappa shape index (κ1) is 18.2. The number of carbonyl (C=O) groups excluding carboxylic acids is 2. The molecule has 0 aliphatic heterocycles. The zero-order valence-corrected chi connectivity index (χ0v) is 16.4. The lowest BCUT2D eigenvalue weighted by Crippen LogP contribution is -2.26. The van der Waals surface area contributed by atoms with Crippen LogP contribution < -0.4 is 0 Å². The second kappa shape index (κ2) is 6.79. The van der Waals surface area contributed by atoms with Crippen molar-refractivity contribution in [1.29, 1.82) is 0 Å². The minimum atomic E-state index is -0.546. The molecule has 4 rings (SSSR count). The van der Waals surface area contributed by atoms with E-state index >= 15 is 0 Å². The number of hydrogen-bond donors (Lipinski definition) is 0. The molecule has 0 saturated heterocycles. The summed E-state index contributed by atoms with van der Waals surface area (Å²) in [5.74, 6) is 0.105. The van der Waals surface area contributed by atoms with Crippen LogP contribution in [0, 0.1) is 0 Å². The molecule has 142 valence electrons. The Bertz CT molecular complexity index is 1110. The largest absolute Gasteiger partial charge is 0.443 e. The van der Waals surface area contributed by atoms with E-state index in [1.54, 1.807) is 6.20 Å². The molecular weight excluding hydrogens is 350 g/mol. The number of aryl methyl sites for hydroxylation is 1. The summed E-state index contributed by atoms with van der Waals surface area (Å²) >= 11 is 0. The molecule has 1 aromatic heterocycles. The molecule has 1 aliphatic rings. The number of Topliss-reactive ketones (excluding diaryl/α,β-unsaturated/α-hetero) is 1. The van der Waals surface area contributed by atoms with E-state index in [0.29, 0.717) is 0 Å². The number of hydrogen-bond acceptors (Lipinski definition) is 3. The summed E-state index contributed by atoms with van der Waals surface area (Å²) in [4.78, 5) is 25.2. The quantitative estimate of drug-likeness (QED) is 0.519. The maximum Gasteiger partial charge on any atom is 0.418 e. The molecule has 0 saturated carbocycles. The Morgan fingerprint density at radius 1 is 1.07 bits per heavy atom. The van der Waals surface area contributed by atoms with Crippen molar-refractivity contribution in [2.45, 2.75) is 39.2 Å². The van der Waals surface area contributed by atoms with E-state index < -0.39 is 11.7 Å². The lowest BCUT2D eigenvalue weighted by molar-refractivity contribution is 0.0544. The number of benzene rings is 2. The molecule has 0 fully saturated rings. The van der Waals surface area contributed by atoms with Gasteiger partial charge in [-0.1, -0.05) is 30.3 Å². The predicted octanol–water partition coefficient (Wildman–Crippen LogP) is 5.64. The molecule has 4 nitrogen and oxygen atoms in total. The van der Waals surface area contributed by atoms with Crippen molar-refractivity contribution in [3.05, 3.63) is 77.0 Å². The van der Waals surface area contributed by atoms with Crippen LogP contribution in [0.3, 0.4) is 0 Å². The molecule has 0 unspecified atom stereocenters. The van der Waals surface area contributed by atoms with Crippen molar-refractivity contribution in [2.24, 2.45) is 0 Å². The van der Waals surface area contributed by atoms with Crippen LogP contribution in [0.1, 0.15) is 48.7 Å². The maximum absolute atomic E-state index is 12.8. The van der Waals surface area contributed by atoms with Crippen molar-refractivity contribution in [2.75, 3.05) is 0 Å². The second-order valence-electron chi connectivity index (χ2n) is 8.14. The van der Waals surface area contributed by atoms with E-state index in [1.165, 1.54) is 4.57 Å². The van der Waals surface area contributed by atoms with Crippen molar-refractivity contribution in [1.82, 2.24) is 4.57 Å². The number of allylic oxidation sites excluding steroid dienone is 1. The number of aromatic nitrogens is 1. The highest BCUT2D eigenvalue weighted by Crippen LogP contribution is 2.27. The van der Waals surface area contributed by atoms with Crippen LogP contribution in [-0.4, -0.2) is 22.0 Å². The smallest absolute Gasteiger partial charge is 0.418 e. The van der Waals surface area contributed by atoms with Gasteiger partial charge in [0.15, 0.2) is 5.78 Å². The minimum absolute atomic E-state index is 0.105. The molecule has 2 aromatic carbocycles. The molecular formula is C24H23NO3. The molecule has 28 heavy (non-hydrogen) atoms. The summed E-state index contributed by atoms with van der Waals surface area (Å²) in [6.45, 7) is 5.54. The molecule has 0 spiro atoms. The highest BCUT2D eigenvalue weighted by Gasteiger charge is 2.22. The van der Waals surface area contributed by atoms with E-state index in [9.17, 15) is 9.59 Å². The number of ether oxygens (including phenoxy) is 1. The van der Waals surface area contributed by atoms with Crippen molar-refractivity contribution in [3.63, 3.8) is 0 Å². The fourth-order valence-electron chi connectivity index (χ4n) is 3.58. The topological polar surface area (TPSA) is 48.3 Å². The Kier molecular flexibility index (Phi) is 4.42. The van der Waals surface area contributed by atoms with E-state index in [1.807, 2.05) is 75.4 Å². The SMILES string of the molecule is CC(C)(C)OC(=O)n1ccc2cc(/C=C3\CCc4ccccc4C3=O)ccc21. The third-order valence-corrected chi connectivity index (χ3v) is 4.86.